The molecule has 0 radical (unpaired) electrons. The van der Waals surface area contributed by atoms with Crippen LogP contribution in [0.2, 0.25) is 0 Å². The van der Waals surface area contributed by atoms with Gasteiger partial charge in [-0.15, -0.1) is 0 Å². The Bertz CT molecular complexity index is 241. The number of nitrogens with one attached hydrogen (secondary N) is 1. The lowest BCUT2D eigenvalue weighted by atomic mass is 9.98. The van der Waals surface area contributed by atoms with Crippen LogP contribution >= 0.6 is 0 Å². The van der Waals surface area contributed by atoms with Gasteiger partial charge in [0.25, 0.3) is 0 Å². The van der Waals surface area contributed by atoms with Gasteiger partial charge in [-0.25, -0.2) is 0 Å². The Morgan fingerprint density at radius 2 is 1.83 bits per heavy atom. The SMILES string of the molecule is CCCCC(CC)C(=O)NCCCCCC(=O)O. The number of unbranched alkanes of at least 4 members (excludes halogenated alkanes) is 3. The first-order chi connectivity index (χ1) is 8.61. The highest BCUT2D eigenvalue weighted by molar-refractivity contribution is 5.78. The molecule has 4 heteroatoms. The van der Waals surface area contributed by atoms with Gasteiger partial charge in [0.05, 0.1) is 0 Å². The highest BCUT2D eigenvalue weighted by atomic mass is 16.4. The van der Waals surface area contributed by atoms with Crippen LogP contribution < -0.4 is 5.32 Å². The van der Waals surface area contributed by atoms with Crippen molar-refractivity contribution in [1.82, 2.24) is 5.32 Å². The minimum Gasteiger partial charge on any atom is -0.481 e. The fourth-order valence-corrected chi connectivity index (χ4v) is 1.91. The third kappa shape index (κ3) is 9.02. The van der Waals surface area contributed by atoms with Crippen LogP contribution in [0.25, 0.3) is 0 Å². The summed E-state index contributed by atoms with van der Waals surface area (Å²) in [5, 5.41) is 11.4. The van der Waals surface area contributed by atoms with E-state index < -0.39 is 5.97 Å². The Morgan fingerprint density at radius 3 is 2.39 bits per heavy atom. The fraction of sp³-hybridized carbons (Fsp3) is 0.857. The van der Waals surface area contributed by atoms with Gasteiger partial charge in [-0.2, -0.15) is 0 Å². The van der Waals surface area contributed by atoms with Gasteiger partial charge in [0.2, 0.25) is 5.91 Å². The molecule has 0 saturated carbocycles. The average Bonchev–Trinajstić information content (AvgIpc) is 2.34. The summed E-state index contributed by atoms with van der Waals surface area (Å²) in [5.74, 6) is -0.446. The van der Waals surface area contributed by atoms with Crippen LogP contribution in [-0.4, -0.2) is 23.5 Å². The first kappa shape index (κ1) is 16.9. The molecule has 0 aromatic rings. The number of carboxylic acids is 1. The number of hydrogen-bond donors (Lipinski definition) is 2. The lowest BCUT2D eigenvalue weighted by Crippen LogP contribution is -2.31. The summed E-state index contributed by atoms with van der Waals surface area (Å²) < 4.78 is 0. The van der Waals surface area contributed by atoms with Gasteiger partial charge in [0, 0.05) is 18.9 Å². The summed E-state index contributed by atoms with van der Waals surface area (Å²) in [4.78, 5) is 22.1. The standard InChI is InChI=1S/C14H27NO3/c1-3-5-9-12(4-2)14(18)15-11-8-6-7-10-13(16)17/h12H,3-11H2,1-2H3,(H,15,18)(H,16,17). The van der Waals surface area contributed by atoms with Gasteiger partial charge in [0.15, 0.2) is 0 Å². The molecule has 1 amide bonds. The van der Waals surface area contributed by atoms with Crippen molar-refractivity contribution >= 4 is 11.9 Å². The smallest absolute Gasteiger partial charge is 0.303 e. The van der Waals surface area contributed by atoms with E-state index in [-0.39, 0.29) is 18.2 Å². The number of carbonyl (C=O) groups is 2. The molecular formula is C14H27NO3. The molecule has 0 aliphatic heterocycles. The molecule has 0 aromatic heterocycles. The Hall–Kier alpha value is -1.06. The second-order valence-electron chi connectivity index (χ2n) is 4.74. The molecule has 1 atom stereocenters. The van der Waals surface area contributed by atoms with Crippen LogP contribution in [0.3, 0.4) is 0 Å². The second kappa shape index (κ2) is 11.1. The highest BCUT2D eigenvalue weighted by Crippen LogP contribution is 2.12. The molecule has 0 aliphatic rings. The normalized spacial score (nSPS) is 12.1. The number of aliphatic carboxylic acids is 1. The van der Waals surface area contributed by atoms with Crippen LogP contribution in [0, 0.1) is 5.92 Å². The maximum Gasteiger partial charge on any atom is 0.303 e. The van der Waals surface area contributed by atoms with Gasteiger partial charge in [-0.3, -0.25) is 9.59 Å². The Kier molecular flexibility index (Phi) is 10.4. The minimum atomic E-state index is -0.746. The van der Waals surface area contributed by atoms with Crippen molar-refractivity contribution in [2.45, 2.75) is 65.2 Å². The topological polar surface area (TPSA) is 66.4 Å². The first-order valence-electron chi connectivity index (χ1n) is 7.11. The van der Waals surface area contributed by atoms with Crippen molar-refractivity contribution in [3.8, 4) is 0 Å². The second-order valence-corrected chi connectivity index (χ2v) is 4.74. The monoisotopic (exact) mass is 257 g/mol. The molecule has 18 heavy (non-hydrogen) atoms. The molecule has 0 aromatic carbocycles. The molecule has 1 unspecified atom stereocenters. The predicted octanol–water partition coefficient (Wildman–Crippen LogP) is 2.96. The van der Waals surface area contributed by atoms with Gasteiger partial charge < -0.3 is 10.4 Å². The molecule has 0 heterocycles. The summed E-state index contributed by atoms with van der Waals surface area (Å²) in [5.41, 5.74) is 0. The molecule has 0 rings (SSSR count). The third-order valence-corrected chi connectivity index (χ3v) is 3.14. The summed E-state index contributed by atoms with van der Waals surface area (Å²) >= 11 is 0. The molecule has 0 aliphatic carbocycles. The predicted molar refractivity (Wildman–Crippen MR) is 72.4 cm³/mol. The Labute approximate surface area is 110 Å². The maximum atomic E-state index is 11.8. The van der Waals surface area contributed by atoms with E-state index in [2.05, 4.69) is 12.2 Å². The van der Waals surface area contributed by atoms with Crippen LogP contribution in [0.1, 0.15) is 65.2 Å². The van der Waals surface area contributed by atoms with Crippen LogP contribution in [-0.2, 0) is 9.59 Å². The zero-order chi connectivity index (χ0) is 13.8. The molecule has 106 valence electrons. The van der Waals surface area contributed by atoms with E-state index in [1.54, 1.807) is 0 Å². The van der Waals surface area contributed by atoms with Crippen molar-refractivity contribution < 1.29 is 14.7 Å². The van der Waals surface area contributed by atoms with Gasteiger partial charge in [-0.1, -0.05) is 33.1 Å². The molecule has 0 saturated heterocycles. The van der Waals surface area contributed by atoms with Gasteiger partial charge in [0.1, 0.15) is 0 Å². The molecule has 0 fully saturated rings. The van der Waals surface area contributed by atoms with Gasteiger partial charge >= 0.3 is 5.97 Å². The number of rotatable bonds is 11. The minimum absolute atomic E-state index is 0.143. The van der Waals surface area contributed by atoms with Gasteiger partial charge in [-0.05, 0) is 25.7 Å². The zero-order valence-electron chi connectivity index (χ0n) is 11.7. The van der Waals surface area contributed by atoms with E-state index in [1.165, 1.54) is 0 Å². The number of carbonyl (C=O) groups excluding carboxylic acids is 1. The number of amides is 1. The van der Waals surface area contributed by atoms with Crippen LogP contribution in [0.4, 0.5) is 0 Å². The van der Waals surface area contributed by atoms with Crippen molar-refractivity contribution in [1.29, 1.82) is 0 Å². The maximum absolute atomic E-state index is 11.8. The number of carboxylic acid groups (broad SMARTS) is 1. The molecule has 2 N–H and O–H groups in total. The lowest BCUT2D eigenvalue weighted by Gasteiger charge is -2.14. The fourth-order valence-electron chi connectivity index (χ4n) is 1.91. The van der Waals surface area contributed by atoms with Crippen molar-refractivity contribution in [2.75, 3.05) is 6.54 Å². The van der Waals surface area contributed by atoms with E-state index in [0.29, 0.717) is 13.0 Å². The summed E-state index contributed by atoms with van der Waals surface area (Å²) in [6, 6.07) is 0. The third-order valence-electron chi connectivity index (χ3n) is 3.14. The molecular weight excluding hydrogens is 230 g/mol. The Balaban J connectivity index is 3.58. The first-order valence-corrected chi connectivity index (χ1v) is 7.11. The molecule has 4 nitrogen and oxygen atoms in total. The van der Waals surface area contributed by atoms with E-state index in [0.717, 1.165) is 38.5 Å². The largest absolute Gasteiger partial charge is 0.481 e. The van der Waals surface area contributed by atoms with Crippen LogP contribution in [0.15, 0.2) is 0 Å². The highest BCUT2D eigenvalue weighted by Gasteiger charge is 2.14. The summed E-state index contributed by atoms with van der Waals surface area (Å²) in [6.07, 6.45) is 6.73. The zero-order valence-corrected chi connectivity index (χ0v) is 11.7. The molecule has 0 spiro atoms. The van der Waals surface area contributed by atoms with E-state index in [1.807, 2.05) is 6.92 Å². The van der Waals surface area contributed by atoms with E-state index in [9.17, 15) is 9.59 Å². The summed E-state index contributed by atoms with van der Waals surface area (Å²) in [6.45, 7) is 4.85. The van der Waals surface area contributed by atoms with E-state index in [4.69, 9.17) is 5.11 Å². The van der Waals surface area contributed by atoms with Crippen LogP contribution in [0.5, 0.6) is 0 Å². The molecule has 0 bridgehead atoms. The van der Waals surface area contributed by atoms with Crippen molar-refractivity contribution in [2.24, 2.45) is 5.92 Å². The summed E-state index contributed by atoms with van der Waals surface area (Å²) in [7, 11) is 0. The quantitative estimate of drug-likeness (QED) is 0.559. The van der Waals surface area contributed by atoms with Crippen molar-refractivity contribution in [3.05, 3.63) is 0 Å². The number of hydrogen-bond acceptors (Lipinski definition) is 2. The van der Waals surface area contributed by atoms with Crippen molar-refractivity contribution in [3.63, 3.8) is 0 Å². The average molecular weight is 257 g/mol. The van der Waals surface area contributed by atoms with E-state index >= 15 is 0 Å². The lowest BCUT2D eigenvalue weighted by molar-refractivity contribution is -0.137. The Morgan fingerprint density at radius 1 is 1.11 bits per heavy atom.